The maximum absolute atomic E-state index is 12.1. The summed E-state index contributed by atoms with van der Waals surface area (Å²) in [6.07, 6.45) is 2.48. The minimum atomic E-state index is -0.494. The van der Waals surface area contributed by atoms with Crippen molar-refractivity contribution in [1.82, 2.24) is 10.6 Å². The van der Waals surface area contributed by atoms with Gasteiger partial charge in [0.15, 0.2) is 0 Å². The lowest BCUT2D eigenvalue weighted by atomic mass is 10.1. The number of benzene rings is 1. The Morgan fingerprint density at radius 2 is 1.70 bits per heavy atom. The van der Waals surface area contributed by atoms with Crippen LogP contribution in [0.2, 0.25) is 0 Å². The lowest BCUT2D eigenvalue weighted by molar-refractivity contribution is -0.121. The fourth-order valence-corrected chi connectivity index (χ4v) is 2.78. The van der Waals surface area contributed by atoms with E-state index >= 15 is 0 Å². The lowest BCUT2D eigenvalue weighted by Crippen LogP contribution is -2.40. The van der Waals surface area contributed by atoms with E-state index in [9.17, 15) is 9.59 Å². The Labute approximate surface area is 137 Å². The topological polar surface area (TPSA) is 67.4 Å². The van der Waals surface area contributed by atoms with Crippen molar-refractivity contribution in [3.05, 3.63) is 35.9 Å². The highest BCUT2D eigenvalue weighted by Gasteiger charge is 2.28. The van der Waals surface area contributed by atoms with E-state index in [1.54, 1.807) is 0 Å². The minimum Gasteiger partial charge on any atom is -0.444 e. The third-order valence-electron chi connectivity index (χ3n) is 3.73. The molecule has 0 spiro atoms. The number of hydrogen-bond acceptors (Lipinski definition) is 3. The molecule has 5 nitrogen and oxygen atoms in total. The Bertz CT molecular complexity index is 537. The fraction of sp³-hybridized carbons (Fsp3) is 0.556. The van der Waals surface area contributed by atoms with Crippen LogP contribution in [0, 0.1) is 0 Å². The van der Waals surface area contributed by atoms with Crippen molar-refractivity contribution in [2.75, 3.05) is 0 Å². The molecule has 1 saturated carbocycles. The molecule has 0 aliphatic heterocycles. The molecule has 0 unspecified atom stereocenters. The summed E-state index contributed by atoms with van der Waals surface area (Å²) in [5.41, 5.74) is 0.512. The molecule has 0 aromatic heterocycles. The number of carbonyl (C=O) groups excluding carboxylic acids is 2. The maximum atomic E-state index is 12.1. The maximum Gasteiger partial charge on any atom is 0.407 e. The molecule has 1 aromatic rings. The summed E-state index contributed by atoms with van der Waals surface area (Å²) in [5, 5.41) is 5.92. The average Bonchev–Trinajstić information content (AvgIpc) is 2.84. The molecule has 2 rings (SSSR count). The Kier molecular flexibility index (Phi) is 5.64. The molecule has 1 aliphatic rings. The summed E-state index contributed by atoms with van der Waals surface area (Å²) >= 11 is 0. The molecule has 2 atom stereocenters. The molecule has 1 fully saturated rings. The second-order valence-electron chi connectivity index (χ2n) is 7.08. The van der Waals surface area contributed by atoms with Crippen LogP contribution in [0.25, 0.3) is 0 Å². The van der Waals surface area contributed by atoms with Gasteiger partial charge < -0.3 is 15.4 Å². The number of ether oxygens (including phenoxy) is 1. The Balaban J connectivity index is 1.73. The first-order chi connectivity index (χ1) is 10.8. The molecule has 0 saturated heterocycles. The number of carbonyl (C=O) groups is 2. The van der Waals surface area contributed by atoms with E-state index in [-0.39, 0.29) is 18.0 Å². The quantitative estimate of drug-likeness (QED) is 0.897. The van der Waals surface area contributed by atoms with Gasteiger partial charge in [0.2, 0.25) is 5.91 Å². The molecule has 0 radical (unpaired) electrons. The molecule has 2 N–H and O–H groups in total. The van der Waals surface area contributed by atoms with Gasteiger partial charge in [-0.1, -0.05) is 30.3 Å². The SMILES string of the molecule is CC(C)(C)OC(=O)N[C@H]1CC[C@@H](NC(=O)Cc2ccccc2)C1. The van der Waals surface area contributed by atoms with Gasteiger partial charge in [0, 0.05) is 12.1 Å². The van der Waals surface area contributed by atoms with E-state index < -0.39 is 11.7 Å². The molecule has 0 heterocycles. The minimum absolute atomic E-state index is 0.0270. The predicted octanol–water partition coefficient (Wildman–Crippen LogP) is 2.79. The number of hydrogen-bond donors (Lipinski definition) is 2. The zero-order valence-corrected chi connectivity index (χ0v) is 14.1. The van der Waals surface area contributed by atoms with Crippen LogP contribution < -0.4 is 10.6 Å². The highest BCUT2D eigenvalue weighted by Crippen LogP contribution is 2.20. The van der Waals surface area contributed by atoms with Crippen molar-refractivity contribution >= 4 is 12.0 Å². The van der Waals surface area contributed by atoms with Crippen LogP contribution >= 0.6 is 0 Å². The first kappa shape index (κ1) is 17.3. The van der Waals surface area contributed by atoms with Gasteiger partial charge in [0.1, 0.15) is 5.60 Å². The summed E-state index contributed by atoms with van der Waals surface area (Å²) < 4.78 is 5.26. The molecule has 2 amide bonds. The Morgan fingerprint density at radius 3 is 2.30 bits per heavy atom. The highest BCUT2D eigenvalue weighted by molar-refractivity contribution is 5.78. The van der Waals surface area contributed by atoms with Crippen molar-refractivity contribution in [3.8, 4) is 0 Å². The number of nitrogens with one attached hydrogen (secondary N) is 2. The van der Waals surface area contributed by atoms with Crippen molar-refractivity contribution in [2.45, 2.75) is 64.1 Å². The Morgan fingerprint density at radius 1 is 1.09 bits per heavy atom. The van der Waals surface area contributed by atoms with Gasteiger partial charge >= 0.3 is 6.09 Å². The fourth-order valence-electron chi connectivity index (χ4n) is 2.78. The number of rotatable bonds is 4. The van der Waals surface area contributed by atoms with Gasteiger partial charge in [0.25, 0.3) is 0 Å². The molecule has 1 aromatic carbocycles. The van der Waals surface area contributed by atoms with Crippen LogP contribution in [0.5, 0.6) is 0 Å². The van der Waals surface area contributed by atoms with Crippen molar-refractivity contribution < 1.29 is 14.3 Å². The smallest absolute Gasteiger partial charge is 0.407 e. The van der Waals surface area contributed by atoms with E-state index in [1.807, 2.05) is 51.1 Å². The van der Waals surface area contributed by atoms with Crippen molar-refractivity contribution in [3.63, 3.8) is 0 Å². The van der Waals surface area contributed by atoms with Crippen LogP contribution in [0.15, 0.2) is 30.3 Å². The van der Waals surface area contributed by atoms with Crippen LogP contribution in [0.3, 0.4) is 0 Å². The van der Waals surface area contributed by atoms with Gasteiger partial charge in [-0.2, -0.15) is 0 Å². The van der Waals surface area contributed by atoms with Crippen LogP contribution in [-0.4, -0.2) is 29.7 Å². The second kappa shape index (κ2) is 7.49. The van der Waals surface area contributed by atoms with E-state index in [2.05, 4.69) is 10.6 Å². The van der Waals surface area contributed by atoms with Gasteiger partial charge in [-0.25, -0.2) is 4.79 Å². The molecule has 1 aliphatic carbocycles. The zero-order valence-electron chi connectivity index (χ0n) is 14.1. The van der Waals surface area contributed by atoms with Gasteiger partial charge in [-0.3, -0.25) is 4.79 Å². The van der Waals surface area contributed by atoms with Crippen LogP contribution in [0.1, 0.15) is 45.6 Å². The summed E-state index contributed by atoms with van der Waals surface area (Å²) in [7, 11) is 0. The van der Waals surface area contributed by atoms with Gasteiger partial charge in [-0.15, -0.1) is 0 Å². The molecule has 5 heteroatoms. The molecule has 0 bridgehead atoms. The van der Waals surface area contributed by atoms with Gasteiger partial charge in [0.05, 0.1) is 6.42 Å². The first-order valence-corrected chi connectivity index (χ1v) is 8.14. The standard InChI is InChI=1S/C18H26N2O3/c1-18(2,3)23-17(22)20-15-10-9-14(12-15)19-16(21)11-13-7-5-4-6-8-13/h4-8,14-15H,9-12H2,1-3H3,(H,19,21)(H,20,22)/t14-,15+/m1/s1. The zero-order chi connectivity index (χ0) is 16.9. The van der Waals surface area contributed by atoms with E-state index in [0.29, 0.717) is 6.42 Å². The third kappa shape index (κ3) is 6.30. The van der Waals surface area contributed by atoms with Crippen molar-refractivity contribution in [2.24, 2.45) is 0 Å². The van der Waals surface area contributed by atoms with Crippen LogP contribution in [-0.2, 0) is 16.0 Å². The van der Waals surface area contributed by atoms with Gasteiger partial charge in [-0.05, 0) is 45.6 Å². The summed E-state index contributed by atoms with van der Waals surface area (Å²) in [4.78, 5) is 23.8. The largest absolute Gasteiger partial charge is 0.444 e. The summed E-state index contributed by atoms with van der Waals surface area (Å²) in [6.45, 7) is 5.52. The molecule has 126 valence electrons. The monoisotopic (exact) mass is 318 g/mol. The normalized spacial score (nSPS) is 20.8. The molecule has 23 heavy (non-hydrogen) atoms. The predicted molar refractivity (Wildman–Crippen MR) is 89.1 cm³/mol. The van der Waals surface area contributed by atoms with E-state index in [0.717, 1.165) is 24.8 Å². The third-order valence-corrected chi connectivity index (χ3v) is 3.73. The van der Waals surface area contributed by atoms with E-state index in [4.69, 9.17) is 4.74 Å². The summed E-state index contributed by atoms with van der Waals surface area (Å²) in [6, 6.07) is 9.86. The lowest BCUT2D eigenvalue weighted by Gasteiger charge is -2.21. The number of amides is 2. The molecular formula is C18H26N2O3. The highest BCUT2D eigenvalue weighted by atomic mass is 16.6. The van der Waals surface area contributed by atoms with Crippen molar-refractivity contribution in [1.29, 1.82) is 0 Å². The summed E-state index contributed by atoms with van der Waals surface area (Å²) in [5.74, 6) is 0.0270. The second-order valence-corrected chi connectivity index (χ2v) is 7.08. The Hall–Kier alpha value is -2.04. The van der Waals surface area contributed by atoms with Crippen LogP contribution in [0.4, 0.5) is 4.79 Å². The van der Waals surface area contributed by atoms with E-state index in [1.165, 1.54) is 0 Å². The first-order valence-electron chi connectivity index (χ1n) is 8.14. The number of alkyl carbamates (subject to hydrolysis) is 1. The molecular weight excluding hydrogens is 292 g/mol. The average molecular weight is 318 g/mol.